The van der Waals surface area contributed by atoms with Crippen molar-refractivity contribution in [3.05, 3.63) is 5.21 Å². The van der Waals surface area contributed by atoms with Crippen molar-refractivity contribution in [1.29, 1.82) is 0 Å². The average molecular weight is 245 g/mol. The molecule has 4 atom stereocenters. The number of nitrogens with one attached hydrogen (secondary N) is 1. The Morgan fingerprint density at radius 1 is 1.35 bits per heavy atom. The Morgan fingerprint density at radius 2 is 1.94 bits per heavy atom. The number of nitrogens with zero attached hydrogens (tertiary/aromatic N) is 1. The van der Waals surface area contributed by atoms with Crippen molar-refractivity contribution in [2.45, 2.75) is 58.5 Å². The number of piperazine rings is 1. The van der Waals surface area contributed by atoms with Crippen molar-refractivity contribution in [1.82, 2.24) is 10.4 Å². The summed E-state index contributed by atoms with van der Waals surface area (Å²) >= 11 is 0. The highest BCUT2D eigenvalue weighted by Crippen LogP contribution is 2.21. The third-order valence-corrected chi connectivity index (χ3v) is 3.34. The van der Waals surface area contributed by atoms with E-state index in [9.17, 15) is 15.4 Å². The molecule has 1 heterocycles. The number of aliphatic hydroxyl groups is 2. The lowest BCUT2D eigenvalue weighted by Crippen LogP contribution is -2.64. The third-order valence-electron chi connectivity index (χ3n) is 3.34. The van der Waals surface area contributed by atoms with E-state index in [1.807, 2.05) is 13.8 Å². The standard InChI is InChI=1S/C12H25N2O3/c1-7(2)5-9-12(16)14(17)10(6-13-9)11(15)8(3)4/h7-13,15-16H,5-6H2,1-4H3/q-1/t9?,10?,11-,12?/m0/s1. The monoisotopic (exact) mass is 245 g/mol. The first-order valence-corrected chi connectivity index (χ1v) is 6.39. The third kappa shape index (κ3) is 3.63. The van der Waals surface area contributed by atoms with Gasteiger partial charge in [0.2, 0.25) is 0 Å². The van der Waals surface area contributed by atoms with Crippen LogP contribution in [0.15, 0.2) is 0 Å². The molecule has 1 rings (SSSR count). The summed E-state index contributed by atoms with van der Waals surface area (Å²) in [7, 11) is 0. The Hall–Kier alpha value is -0.200. The molecule has 0 bridgehead atoms. The van der Waals surface area contributed by atoms with E-state index in [-0.39, 0.29) is 12.0 Å². The lowest BCUT2D eigenvalue weighted by Gasteiger charge is -2.51. The van der Waals surface area contributed by atoms with Gasteiger partial charge in [-0.25, -0.2) is 0 Å². The van der Waals surface area contributed by atoms with Crippen LogP contribution in [0.4, 0.5) is 0 Å². The minimum atomic E-state index is -1.07. The fourth-order valence-corrected chi connectivity index (χ4v) is 2.27. The molecule has 1 saturated heterocycles. The molecule has 0 aromatic rings. The highest BCUT2D eigenvalue weighted by molar-refractivity contribution is 4.94. The Labute approximate surface area is 103 Å². The molecule has 0 aromatic carbocycles. The molecule has 0 amide bonds. The molecule has 3 N–H and O–H groups in total. The van der Waals surface area contributed by atoms with E-state index >= 15 is 0 Å². The van der Waals surface area contributed by atoms with Gasteiger partial charge in [-0.15, -0.1) is 0 Å². The second kappa shape index (κ2) is 6.11. The maximum absolute atomic E-state index is 11.9. The van der Waals surface area contributed by atoms with Crippen LogP contribution in [0.1, 0.15) is 34.1 Å². The number of hydrogen-bond acceptors (Lipinski definition) is 5. The van der Waals surface area contributed by atoms with Gasteiger partial charge in [-0.1, -0.05) is 27.7 Å². The molecular formula is C12H25N2O3-. The molecule has 5 nitrogen and oxygen atoms in total. The van der Waals surface area contributed by atoms with E-state index < -0.39 is 18.4 Å². The minimum absolute atomic E-state index is 0.00657. The van der Waals surface area contributed by atoms with Gasteiger partial charge in [-0.3, -0.25) is 0 Å². The van der Waals surface area contributed by atoms with Gasteiger partial charge in [-0.2, -0.15) is 0 Å². The van der Waals surface area contributed by atoms with Crippen LogP contribution >= 0.6 is 0 Å². The smallest absolute Gasteiger partial charge is 0.111 e. The zero-order chi connectivity index (χ0) is 13.2. The highest BCUT2D eigenvalue weighted by atomic mass is 16.5. The summed E-state index contributed by atoms with van der Waals surface area (Å²) in [5.74, 6) is 0.425. The summed E-state index contributed by atoms with van der Waals surface area (Å²) in [4.78, 5) is 0. The van der Waals surface area contributed by atoms with E-state index in [1.54, 1.807) is 0 Å². The Balaban J connectivity index is 2.62. The van der Waals surface area contributed by atoms with Gasteiger partial charge in [0.15, 0.2) is 0 Å². The molecule has 0 aromatic heterocycles. The van der Waals surface area contributed by atoms with Crippen molar-refractivity contribution in [3.8, 4) is 0 Å². The summed E-state index contributed by atoms with van der Waals surface area (Å²) in [5.41, 5.74) is 0. The fraction of sp³-hybridized carbons (Fsp3) is 1.00. The van der Waals surface area contributed by atoms with E-state index in [4.69, 9.17) is 0 Å². The predicted octanol–water partition coefficient (Wildman–Crippen LogP) is 0.508. The molecular weight excluding hydrogens is 220 g/mol. The molecule has 0 saturated carbocycles. The molecule has 102 valence electrons. The Morgan fingerprint density at radius 3 is 2.41 bits per heavy atom. The SMILES string of the molecule is CC(C)CC1NCC([C@@H](O)C(C)C)N([O-])C1O. The number of aliphatic hydroxyl groups excluding tert-OH is 2. The van der Waals surface area contributed by atoms with Crippen LogP contribution < -0.4 is 5.32 Å². The molecule has 1 aliphatic heterocycles. The first-order chi connectivity index (χ1) is 7.84. The quantitative estimate of drug-likeness (QED) is 0.672. The Kier molecular flexibility index (Phi) is 5.34. The summed E-state index contributed by atoms with van der Waals surface area (Å²) in [6, 6.07) is -0.767. The molecule has 1 aliphatic rings. The number of hydrogen-bond donors (Lipinski definition) is 3. The minimum Gasteiger partial charge on any atom is -0.783 e. The largest absolute Gasteiger partial charge is 0.783 e. The molecule has 0 radical (unpaired) electrons. The van der Waals surface area contributed by atoms with Crippen LogP contribution in [0, 0.1) is 17.0 Å². The summed E-state index contributed by atoms with van der Waals surface area (Å²) in [6.07, 6.45) is -1.02. The molecule has 5 heteroatoms. The Bertz CT molecular complexity index is 236. The van der Waals surface area contributed by atoms with E-state index in [1.165, 1.54) is 0 Å². The zero-order valence-corrected chi connectivity index (χ0v) is 11.1. The molecule has 17 heavy (non-hydrogen) atoms. The first-order valence-electron chi connectivity index (χ1n) is 6.39. The van der Waals surface area contributed by atoms with Crippen molar-refractivity contribution in [2.75, 3.05) is 6.54 Å². The molecule has 0 aliphatic carbocycles. The number of hydroxylamine groups is 2. The van der Waals surface area contributed by atoms with Crippen molar-refractivity contribution in [2.24, 2.45) is 11.8 Å². The molecule has 0 spiro atoms. The van der Waals surface area contributed by atoms with Crippen LogP contribution in [0.3, 0.4) is 0 Å². The normalized spacial score (nSPS) is 33.4. The van der Waals surface area contributed by atoms with Crippen LogP contribution in [0.5, 0.6) is 0 Å². The topological polar surface area (TPSA) is 78.8 Å². The maximum atomic E-state index is 11.9. The molecule has 3 unspecified atom stereocenters. The van der Waals surface area contributed by atoms with Gasteiger partial charge in [-0.05, 0) is 18.3 Å². The maximum Gasteiger partial charge on any atom is 0.111 e. The summed E-state index contributed by atoms with van der Waals surface area (Å²) < 4.78 is 0. The number of rotatable bonds is 4. The lowest BCUT2D eigenvalue weighted by atomic mass is 9.94. The van der Waals surface area contributed by atoms with Gasteiger partial charge < -0.3 is 25.8 Å². The fourth-order valence-electron chi connectivity index (χ4n) is 2.27. The predicted molar refractivity (Wildman–Crippen MR) is 67.1 cm³/mol. The van der Waals surface area contributed by atoms with E-state index in [2.05, 4.69) is 19.2 Å². The second-order valence-corrected chi connectivity index (χ2v) is 5.72. The van der Waals surface area contributed by atoms with Crippen LogP contribution in [-0.4, -0.2) is 46.2 Å². The van der Waals surface area contributed by atoms with Crippen LogP contribution in [0.25, 0.3) is 0 Å². The van der Waals surface area contributed by atoms with E-state index in [0.717, 1.165) is 6.42 Å². The summed E-state index contributed by atoms with van der Waals surface area (Å²) in [5, 5.41) is 35.6. The zero-order valence-electron chi connectivity index (χ0n) is 11.1. The molecule has 1 fully saturated rings. The van der Waals surface area contributed by atoms with Gasteiger partial charge in [0.25, 0.3) is 0 Å². The van der Waals surface area contributed by atoms with Gasteiger partial charge in [0.1, 0.15) is 6.23 Å². The average Bonchev–Trinajstić information content (AvgIpc) is 2.23. The highest BCUT2D eigenvalue weighted by Gasteiger charge is 2.35. The second-order valence-electron chi connectivity index (χ2n) is 5.72. The van der Waals surface area contributed by atoms with Crippen molar-refractivity contribution < 1.29 is 10.2 Å². The van der Waals surface area contributed by atoms with Gasteiger partial charge in [0, 0.05) is 18.6 Å². The summed E-state index contributed by atoms with van der Waals surface area (Å²) in [6.45, 7) is 8.27. The lowest BCUT2D eigenvalue weighted by molar-refractivity contribution is -0.0880. The van der Waals surface area contributed by atoms with Crippen LogP contribution in [-0.2, 0) is 0 Å². The van der Waals surface area contributed by atoms with E-state index in [0.29, 0.717) is 17.5 Å². The van der Waals surface area contributed by atoms with Gasteiger partial charge in [0.05, 0.1) is 6.10 Å². The van der Waals surface area contributed by atoms with Crippen LogP contribution in [0.2, 0.25) is 0 Å². The van der Waals surface area contributed by atoms with Crippen molar-refractivity contribution in [3.63, 3.8) is 0 Å². The van der Waals surface area contributed by atoms with Gasteiger partial charge >= 0.3 is 0 Å². The van der Waals surface area contributed by atoms with Crippen molar-refractivity contribution >= 4 is 0 Å². The first kappa shape index (κ1) is 14.9.